The van der Waals surface area contributed by atoms with Gasteiger partial charge in [-0.1, -0.05) is 24.3 Å². The minimum absolute atomic E-state index is 0. The smallest absolute Gasteiger partial charge is 0.191 e. The maximum absolute atomic E-state index is 5.67. The topological polar surface area (TPSA) is 58.8 Å². The van der Waals surface area contributed by atoms with Gasteiger partial charge >= 0.3 is 0 Å². The Labute approximate surface area is 173 Å². The first-order chi connectivity index (χ1) is 12.2. The number of hydrogen-bond donors (Lipinski definition) is 2. The Morgan fingerprint density at radius 1 is 1.15 bits per heavy atom. The summed E-state index contributed by atoms with van der Waals surface area (Å²) < 4.78 is 11.0. The second kappa shape index (κ2) is 12.8. The molecule has 5 nitrogen and oxygen atoms in total. The fraction of sp³-hybridized carbons (Fsp3) is 0.450. The Morgan fingerprint density at radius 3 is 2.65 bits per heavy atom. The van der Waals surface area contributed by atoms with Crippen molar-refractivity contribution in [2.75, 3.05) is 13.1 Å². The van der Waals surface area contributed by atoms with Gasteiger partial charge in [-0.3, -0.25) is 0 Å². The number of halogens is 1. The zero-order valence-corrected chi connectivity index (χ0v) is 18.2. The van der Waals surface area contributed by atoms with Gasteiger partial charge in [0, 0.05) is 19.5 Å². The zero-order valence-electron chi connectivity index (χ0n) is 15.8. The first-order valence-corrected chi connectivity index (χ1v) is 8.91. The lowest BCUT2D eigenvalue weighted by atomic mass is 10.1. The van der Waals surface area contributed by atoms with Crippen LogP contribution >= 0.6 is 24.0 Å². The van der Waals surface area contributed by atoms with Gasteiger partial charge in [0.2, 0.25) is 0 Å². The molecular formula is C20H30IN3O2. The third-order valence-corrected chi connectivity index (χ3v) is 3.58. The molecular weight excluding hydrogens is 441 g/mol. The summed E-state index contributed by atoms with van der Waals surface area (Å²) in [6.45, 7) is 9.03. The highest BCUT2D eigenvalue weighted by atomic mass is 127. The minimum atomic E-state index is 0. The summed E-state index contributed by atoms with van der Waals surface area (Å²) in [7, 11) is 0. The number of rotatable bonds is 9. The molecule has 144 valence electrons. The van der Waals surface area contributed by atoms with Gasteiger partial charge in [-0.05, 0) is 44.0 Å². The van der Waals surface area contributed by atoms with Crippen LogP contribution in [-0.4, -0.2) is 25.2 Å². The van der Waals surface area contributed by atoms with Crippen LogP contribution in [0.3, 0.4) is 0 Å². The second-order valence-electron chi connectivity index (χ2n) is 6.13. The van der Waals surface area contributed by atoms with Crippen molar-refractivity contribution >= 4 is 29.9 Å². The lowest BCUT2D eigenvalue weighted by Crippen LogP contribution is -2.38. The van der Waals surface area contributed by atoms with Crippen molar-refractivity contribution in [3.63, 3.8) is 0 Å². The number of hydrogen-bond acceptors (Lipinski definition) is 3. The Morgan fingerprint density at radius 2 is 1.96 bits per heavy atom. The molecule has 26 heavy (non-hydrogen) atoms. The summed E-state index contributed by atoms with van der Waals surface area (Å²) in [6.07, 6.45) is 2.77. The average molecular weight is 471 g/mol. The molecule has 0 atom stereocenters. The molecule has 6 heteroatoms. The van der Waals surface area contributed by atoms with E-state index in [9.17, 15) is 0 Å². The monoisotopic (exact) mass is 471 g/mol. The van der Waals surface area contributed by atoms with Gasteiger partial charge in [-0.2, -0.15) is 0 Å². The summed E-state index contributed by atoms with van der Waals surface area (Å²) in [4.78, 5) is 4.66. The number of ether oxygens (including phenoxy) is 1. The standard InChI is InChI=1S/C20H29N3O2.HI/c1-4-21-20(22-11-10-19-9-6-12-24-19)23-14-17-7-5-8-18(13-17)15-25-16(2)3;/h5-9,12-13,16H,4,10-11,14-15H2,1-3H3,(H2,21,22,23);1H. The quantitative estimate of drug-likeness (QED) is 0.328. The van der Waals surface area contributed by atoms with Crippen molar-refractivity contribution in [3.05, 3.63) is 59.5 Å². The Hall–Kier alpha value is -1.54. The van der Waals surface area contributed by atoms with Crippen LogP contribution in [0, 0.1) is 0 Å². The predicted octanol–water partition coefficient (Wildman–Crippen LogP) is 4.12. The SMILES string of the molecule is CCNC(=NCc1cccc(COC(C)C)c1)NCCc1ccco1.I. The fourth-order valence-corrected chi connectivity index (χ4v) is 2.35. The average Bonchev–Trinajstić information content (AvgIpc) is 3.12. The summed E-state index contributed by atoms with van der Waals surface area (Å²) in [5.41, 5.74) is 2.35. The Kier molecular flexibility index (Phi) is 11.0. The van der Waals surface area contributed by atoms with Crippen LogP contribution in [0.1, 0.15) is 37.7 Å². The van der Waals surface area contributed by atoms with Crippen molar-refractivity contribution in [1.82, 2.24) is 10.6 Å². The molecule has 2 rings (SSSR count). The van der Waals surface area contributed by atoms with Crippen LogP contribution in [0.5, 0.6) is 0 Å². The molecule has 2 N–H and O–H groups in total. The van der Waals surface area contributed by atoms with E-state index >= 15 is 0 Å². The van der Waals surface area contributed by atoms with E-state index in [1.54, 1.807) is 6.26 Å². The lowest BCUT2D eigenvalue weighted by Gasteiger charge is -2.11. The summed E-state index contributed by atoms with van der Waals surface area (Å²) in [5, 5.41) is 6.61. The van der Waals surface area contributed by atoms with Crippen molar-refractivity contribution in [2.24, 2.45) is 4.99 Å². The maximum atomic E-state index is 5.67. The predicted molar refractivity (Wildman–Crippen MR) is 117 cm³/mol. The van der Waals surface area contributed by atoms with Crippen LogP contribution < -0.4 is 10.6 Å². The molecule has 1 heterocycles. The van der Waals surface area contributed by atoms with Crippen molar-refractivity contribution in [3.8, 4) is 0 Å². The fourth-order valence-electron chi connectivity index (χ4n) is 2.35. The number of nitrogens with zero attached hydrogens (tertiary/aromatic N) is 1. The van der Waals surface area contributed by atoms with Crippen LogP contribution in [0.2, 0.25) is 0 Å². The third kappa shape index (κ3) is 8.71. The summed E-state index contributed by atoms with van der Waals surface area (Å²) >= 11 is 0. The summed E-state index contributed by atoms with van der Waals surface area (Å²) in [5.74, 6) is 1.79. The molecule has 0 saturated heterocycles. The second-order valence-corrected chi connectivity index (χ2v) is 6.13. The molecule has 0 bridgehead atoms. The van der Waals surface area contributed by atoms with Crippen LogP contribution in [0.15, 0.2) is 52.1 Å². The molecule has 0 unspecified atom stereocenters. The number of benzene rings is 1. The van der Waals surface area contributed by atoms with Gasteiger partial charge in [0.25, 0.3) is 0 Å². The minimum Gasteiger partial charge on any atom is -0.469 e. The molecule has 0 fully saturated rings. The van der Waals surface area contributed by atoms with Crippen molar-refractivity contribution in [2.45, 2.75) is 46.4 Å². The molecule has 1 aromatic heterocycles. The van der Waals surface area contributed by atoms with E-state index in [2.05, 4.69) is 46.8 Å². The number of nitrogens with one attached hydrogen (secondary N) is 2. The van der Waals surface area contributed by atoms with Gasteiger partial charge in [0.1, 0.15) is 5.76 Å². The van der Waals surface area contributed by atoms with E-state index in [0.717, 1.165) is 31.2 Å². The molecule has 0 aliphatic rings. The molecule has 0 spiro atoms. The zero-order chi connectivity index (χ0) is 17.9. The highest BCUT2D eigenvalue weighted by Gasteiger charge is 2.01. The van der Waals surface area contributed by atoms with E-state index < -0.39 is 0 Å². The maximum Gasteiger partial charge on any atom is 0.191 e. The molecule has 0 saturated carbocycles. The first kappa shape index (κ1) is 22.5. The normalized spacial score (nSPS) is 11.3. The van der Waals surface area contributed by atoms with Gasteiger partial charge < -0.3 is 19.8 Å². The highest BCUT2D eigenvalue weighted by molar-refractivity contribution is 14.0. The number of guanidine groups is 1. The first-order valence-electron chi connectivity index (χ1n) is 8.91. The number of aliphatic imine (C=N–C) groups is 1. The van der Waals surface area contributed by atoms with Gasteiger partial charge in [0.15, 0.2) is 5.96 Å². The van der Waals surface area contributed by atoms with Gasteiger partial charge in [-0.25, -0.2) is 4.99 Å². The Balaban J connectivity index is 0.00000338. The van der Waals surface area contributed by atoms with Crippen LogP contribution in [0.25, 0.3) is 0 Å². The highest BCUT2D eigenvalue weighted by Crippen LogP contribution is 2.09. The van der Waals surface area contributed by atoms with E-state index in [1.165, 1.54) is 11.1 Å². The molecule has 0 aliphatic carbocycles. The third-order valence-electron chi connectivity index (χ3n) is 3.58. The van der Waals surface area contributed by atoms with Gasteiger partial charge in [0.05, 0.1) is 25.5 Å². The van der Waals surface area contributed by atoms with Crippen molar-refractivity contribution in [1.29, 1.82) is 0 Å². The number of furan rings is 1. The van der Waals surface area contributed by atoms with E-state index in [0.29, 0.717) is 13.2 Å². The largest absolute Gasteiger partial charge is 0.469 e. The lowest BCUT2D eigenvalue weighted by molar-refractivity contribution is 0.0657. The Bertz CT molecular complexity index is 642. The molecule has 1 aromatic carbocycles. The molecule has 0 amide bonds. The van der Waals surface area contributed by atoms with Crippen molar-refractivity contribution < 1.29 is 9.15 Å². The summed E-state index contributed by atoms with van der Waals surface area (Å²) in [6, 6.07) is 12.3. The molecule has 0 aliphatic heterocycles. The van der Waals surface area contributed by atoms with Crippen LogP contribution in [-0.2, 0) is 24.3 Å². The van der Waals surface area contributed by atoms with Crippen LogP contribution in [0.4, 0.5) is 0 Å². The molecule has 2 aromatic rings. The molecule has 0 radical (unpaired) electrons. The van der Waals surface area contributed by atoms with E-state index in [-0.39, 0.29) is 30.1 Å². The van der Waals surface area contributed by atoms with Gasteiger partial charge in [-0.15, -0.1) is 24.0 Å². The van der Waals surface area contributed by atoms with E-state index in [1.807, 2.05) is 26.0 Å². The van der Waals surface area contributed by atoms with E-state index in [4.69, 9.17) is 9.15 Å².